The minimum Gasteiger partial charge on any atom is -0.272 e. The van der Waals surface area contributed by atoms with Crippen molar-refractivity contribution >= 4 is 12.2 Å². The van der Waals surface area contributed by atoms with Crippen molar-refractivity contribution in [1.29, 1.82) is 0 Å². The maximum Gasteiger partial charge on any atom is 0.342 e. The third-order valence-electron chi connectivity index (χ3n) is 3.71. The van der Waals surface area contributed by atoms with Gasteiger partial charge in [-0.3, -0.25) is 9.67 Å². The first-order valence-electron chi connectivity index (χ1n) is 5.50. The Bertz CT molecular complexity index is 417. The molecule has 0 bridgehead atoms. The van der Waals surface area contributed by atoms with Crippen LogP contribution < -0.4 is 5.69 Å². The second kappa shape index (κ2) is 3.96. The molecule has 3 unspecified atom stereocenters. The van der Waals surface area contributed by atoms with Crippen LogP contribution in [0.2, 0.25) is 0 Å². The number of aromatic amines is 2. The molecule has 0 aliphatic heterocycles. The van der Waals surface area contributed by atoms with Gasteiger partial charge in [-0.1, -0.05) is 26.7 Å². The van der Waals surface area contributed by atoms with Crippen molar-refractivity contribution in [2.24, 2.45) is 11.8 Å². The van der Waals surface area contributed by atoms with Gasteiger partial charge in [0.1, 0.15) is 0 Å². The molecule has 0 saturated heterocycles. The summed E-state index contributed by atoms with van der Waals surface area (Å²) in [5.74, 6) is 1.18. The van der Waals surface area contributed by atoms with E-state index >= 15 is 0 Å². The third-order valence-corrected chi connectivity index (χ3v) is 4.01. The molecule has 5 heteroatoms. The summed E-state index contributed by atoms with van der Waals surface area (Å²) in [6.07, 6.45) is 3.50. The van der Waals surface area contributed by atoms with E-state index in [0.717, 1.165) is 6.42 Å². The molecular formula is C10H17N3OS. The Morgan fingerprint density at radius 3 is 2.67 bits per heavy atom. The number of H-pyrrole nitrogens is 2. The van der Waals surface area contributed by atoms with E-state index in [0.29, 0.717) is 16.6 Å². The van der Waals surface area contributed by atoms with Gasteiger partial charge in [0.25, 0.3) is 0 Å². The van der Waals surface area contributed by atoms with Gasteiger partial charge in [-0.05, 0) is 30.5 Å². The van der Waals surface area contributed by atoms with Crippen LogP contribution in [0.25, 0.3) is 0 Å². The maximum absolute atomic E-state index is 11.6. The Kier molecular flexibility index (Phi) is 2.82. The average Bonchev–Trinajstić information content (AvgIpc) is 2.52. The Morgan fingerprint density at radius 1 is 1.33 bits per heavy atom. The van der Waals surface area contributed by atoms with Crippen LogP contribution in [0.5, 0.6) is 0 Å². The van der Waals surface area contributed by atoms with Crippen LogP contribution in [0.3, 0.4) is 0 Å². The van der Waals surface area contributed by atoms with E-state index in [-0.39, 0.29) is 11.7 Å². The lowest BCUT2D eigenvalue weighted by atomic mass is 9.78. The molecular weight excluding hydrogens is 210 g/mol. The van der Waals surface area contributed by atoms with Crippen LogP contribution >= 0.6 is 12.2 Å². The van der Waals surface area contributed by atoms with Crippen molar-refractivity contribution < 1.29 is 0 Å². The molecule has 2 N–H and O–H groups in total. The molecule has 15 heavy (non-hydrogen) atoms. The van der Waals surface area contributed by atoms with Crippen LogP contribution in [0.4, 0.5) is 0 Å². The van der Waals surface area contributed by atoms with E-state index in [1.54, 1.807) is 4.57 Å². The zero-order chi connectivity index (χ0) is 11.0. The van der Waals surface area contributed by atoms with Gasteiger partial charge < -0.3 is 0 Å². The second-order valence-corrected chi connectivity index (χ2v) is 4.95. The summed E-state index contributed by atoms with van der Waals surface area (Å²) in [5.41, 5.74) is -0.106. The SMILES string of the molecule is CC1CCCC(n2c(=O)[nH][nH]c2=S)C1C. The van der Waals surface area contributed by atoms with Crippen molar-refractivity contribution in [3.63, 3.8) is 0 Å². The highest BCUT2D eigenvalue weighted by Crippen LogP contribution is 2.36. The molecule has 1 aliphatic rings. The zero-order valence-electron chi connectivity index (χ0n) is 9.12. The number of nitrogens with one attached hydrogen (secondary N) is 2. The third kappa shape index (κ3) is 1.80. The van der Waals surface area contributed by atoms with Crippen molar-refractivity contribution in [2.75, 3.05) is 0 Å². The van der Waals surface area contributed by atoms with Crippen LogP contribution in [0, 0.1) is 16.6 Å². The van der Waals surface area contributed by atoms with Gasteiger partial charge in [-0.2, -0.15) is 0 Å². The molecule has 3 atom stereocenters. The largest absolute Gasteiger partial charge is 0.342 e. The molecule has 1 aromatic rings. The van der Waals surface area contributed by atoms with Gasteiger partial charge in [0.05, 0.1) is 0 Å². The lowest BCUT2D eigenvalue weighted by molar-refractivity contribution is 0.182. The molecule has 84 valence electrons. The molecule has 0 spiro atoms. The standard InChI is InChI=1S/C10H17N3OS/c1-6-4-3-5-8(7(6)2)13-9(14)11-12-10(13)15/h6-8H,3-5H2,1-2H3,(H,11,14)(H,12,15). The van der Waals surface area contributed by atoms with Crippen molar-refractivity contribution in [3.8, 4) is 0 Å². The summed E-state index contributed by atoms with van der Waals surface area (Å²) >= 11 is 5.12. The molecule has 2 rings (SSSR count). The van der Waals surface area contributed by atoms with Gasteiger partial charge in [0.2, 0.25) is 0 Å². The van der Waals surface area contributed by atoms with Gasteiger partial charge in [0, 0.05) is 6.04 Å². The van der Waals surface area contributed by atoms with Crippen molar-refractivity contribution in [2.45, 2.75) is 39.2 Å². The highest BCUT2D eigenvalue weighted by molar-refractivity contribution is 7.71. The van der Waals surface area contributed by atoms with E-state index in [4.69, 9.17) is 12.2 Å². The Labute approximate surface area is 93.7 Å². The number of hydrogen-bond acceptors (Lipinski definition) is 2. The van der Waals surface area contributed by atoms with Gasteiger partial charge >= 0.3 is 5.69 Å². The summed E-state index contributed by atoms with van der Waals surface area (Å²) in [4.78, 5) is 11.6. The fraction of sp³-hybridized carbons (Fsp3) is 0.800. The fourth-order valence-corrected chi connectivity index (χ4v) is 2.81. The summed E-state index contributed by atoms with van der Waals surface area (Å²) in [5, 5.41) is 5.26. The Morgan fingerprint density at radius 2 is 2.07 bits per heavy atom. The highest BCUT2D eigenvalue weighted by Gasteiger charge is 2.29. The van der Waals surface area contributed by atoms with Gasteiger partial charge in [0.15, 0.2) is 4.77 Å². The van der Waals surface area contributed by atoms with Gasteiger partial charge in [-0.25, -0.2) is 9.89 Å². The van der Waals surface area contributed by atoms with E-state index in [9.17, 15) is 4.79 Å². The lowest BCUT2D eigenvalue weighted by Gasteiger charge is -2.34. The highest BCUT2D eigenvalue weighted by atomic mass is 32.1. The quantitative estimate of drug-likeness (QED) is 0.723. The molecule has 1 saturated carbocycles. The first-order valence-corrected chi connectivity index (χ1v) is 5.91. The summed E-state index contributed by atoms with van der Waals surface area (Å²) < 4.78 is 2.22. The number of hydrogen-bond donors (Lipinski definition) is 2. The van der Waals surface area contributed by atoms with Gasteiger partial charge in [-0.15, -0.1) is 0 Å². The van der Waals surface area contributed by atoms with Crippen molar-refractivity contribution in [3.05, 3.63) is 15.3 Å². The molecule has 4 nitrogen and oxygen atoms in total. The minimum absolute atomic E-state index is 0.106. The predicted molar refractivity (Wildman–Crippen MR) is 61.5 cm³/mol. The number of nitrogens with zero attached hydrogens (tertiary/aromatic N) is 1. The number of rotatable bonds is 1. The summed E-state index contributed by atoms with van der Waals surface area (Å²) in [6, 6.07) is 0.260. The van der Waals surface area contributed by atoms with Crippen LogP contribution in [-0.4, -0.2) is 14.8 Å². The van der Waals surface area contributed by atoms with E-state index < -0.39 is 0 Å². The maximum atomic E-state index is 11.6. The zero-order valence-corrected chi connectivity index (χ0v) is 9.93. The minimum atomic E-state index is -0.106. The van der Waals surface area contributed by atoms with Crippen LogP contribution in [0.1, 0.15) is 39.2 Å². The first kappa shape index (κ1) is 10.7. The summed E-state index contributed by atoms with van der Waals surface area (Å²) in [7, 11) is 0. The van der Waals surface area contributed by atoms with Crippen LogP contribution in [0.15, 0.2) is 4.79 Å². The summed E-state index contributed by atoms with van der Waals surface area (Å²) in [6.45, 7) is 4.46. The first-order chi connectivity index (χ1) is 7.11. The molecule has 0 aromatic carbocycles. The van der Waals surface area contributed by atoms with E-state index in [2.05, 4.69) is 24.0 Å². The molecule has 1 aliphatic carbocycles. The molecule has 1 aromatic heterocycles. The molecule has 0 amide bonds. The second-order valence-electron chi connectivity index (χ2n) is 4.56. The number of aromatic nitrogens is 3. The molecule has 1 heterocycles. The predicted octanol–water partition coefficient (Wildman–Crippen LogP) is 2.23. The molecule has 0 radical (unpaired) electrons. The van der Waals surface area contributed by atoms with E-state index in [1.807, 2.05) is 0 Å². The topological polar surface area (TPSA) is 53.6 Å². The smallest absolute Gasteiger partial charge is 0.272 e. The van der Waals surface area contributed by atoms with Crippen LogP contribution in [-0.2, 0) is 0 Å². The Hall–Kier alpha value is -0.840. The van der Waals surface area contributed by atoms with Crippen molar-refractivity contribution in [1.82, 2.24) is 14.8 Å². The normalized spacial score (nSPS) is 31.7. The Balaban J connectivity index is 2.38. The monoisotopic (exact) mass is 227 g/mol. The fourth-order valence-electron chi connectivity index (χ4n) is 2.54. The molecule has 1 fully saturated rings. The lowest BCUT2D eigenvalue weighted by Crippen LogP contribution is -2.32. The average molecular weight is 227 g/mol. The van der Waals surface area contributed by atoms with E-state index in [1.165, 1.54) is 12.8 Å².